The van der Waals surface area contributed by atoms with Crippen molar-refractivity contribution in [2.75, 3.05) is 20.3 Å². The molecule has 18 heavy (non-hydrogen) atoms. The van der Waals surface area contributed by atoms with Crippen LogP contribution in [0.5, 0.6) is 0 Å². The van der Waals surface area contributed by atoms with Crippen molar-refractivity contribution >= 4 is 0 Å². The van der Waals surface area contributed by atoms with E-state index in [1.54, 1.807) is 14.0 Å². The summed E-state index contributed by atoms with van der Waals surface area (Å²) >= 11 is 0. The van der Waals surface area contributed by atoms with E-state index in [2.05, 4.69) is 19.2 Å². The standard InChI is InChI=1S/C15H24FNO/c1-12-9-13(5-6-14(12)16)10-17-11-15(2,3)7-8-18-4/h5-6,9,17H,7-8,10-11H2,1-4H3. The zero-order chi connectivity index (χ0) is 13.6. The largest absolute Gasteiger partial charge is 0.385 e. The maximum atomic E-state index is 13.1. The summed E-state index contributed by atoms with van der Waals surface area (Å²) in [6.07, 6.45) is 1.03. The molecular weight excluding hydrogens is 229 g/mol. The molecule has 1 rings (SSSR count). The number of ether oxygens (including phenoxy) is 1. The van der Waals surface area contributed by atoms with Gasteiger partial charge >= 0.3 is 0 Å². The van der Waals surface area contributed by atoms with Crippen molar-refractivity contribution in [2.24, 2.45) is 5.41 Å². The molecular formula is C15H24FNO. The van der Waals surface area contributed by atoms with Gasteiger partial charge in [0.05, 0.1) is 0 Å². The SMILES string of the molecule is COCCC(C)(C)CNCc1ccc(F)c(C)c1. The zero-order valence-electron chi connectivity index (χ0n) is 11.8. The molecule has 102 valence electrons. The second kappa shape index (κ2) is 6.86. The summed E-state index contributed by atoms with van der Waals surface area (Å²) in [5, 5.41) is 3.42. The van der Waals surface area contributed by atoms with E-state index in [0.717, 1.165) is 31.7 Å². The van der Waals surface area contributed by atoms with Crippen LogP contribution in [-0.2, 0) is 11.3 Å². The fraction of sp³-hybridized carbons (Fsp3) is 0.600. The highest BCUT2D eigenvalue weighted by Crippen LogP contribution is 2.19. The molecule has 1 aromatic rings. The molecule has 0 amide bonds. The summed E-state index contributed by atoms with van der Waals surface area (Å²) in [5.41, 5.74) is 2.04. The smallest absolute Gasteiger partial charge is 0.126 e. The molecule has 0 saturated carbocycles. The summed E-state index contributed by atoms with van der Waals surface area (Å²) in [7, 11) is 1.73. The molecule has 0 aliphatic heterocycles. The fourth-order valence-corrected chi connectivity index (χ4v) is 1.83. The molecule has 0 aromatic heterocycles. The van der Waals surface area contributed by atoms with Crippen molar-refractivity contribution in [3.8, 4) is 0 Å². The third kappa shape index (κ3) is 5.15. The minimum Gasteiger partial charge on any atom is -0.385 e. The van der Waals surface area contributed by atoms with Crippen molar-refractivity contribution < 1.29 is 9.13 Å². The van der Waals surface area contributed by atoms with E-state index in [4.69, 9.17) is 4.74 Å². The first-order valence-corrected chi connectivity index (χ1v) is 6.39. The van der Waals surface area contributed by atoms with Gasteiger partial charge in [0.2, 0.25) is 0 Å². The Morgan fingerprint density at radius 2 is 2.06 bits per heavy atom. The predicted molar refractivity (Wildman–Crippen MR) is 73.1 cm³/mol. The van der Waals surface area contributed by atoms with Crippen LogP contribution in [0.3, 0.4) is 0 Å². The highest BCUT2D eigenvalue weighted by molar-refractivity contribution is 5.23. The van der Waals surface area contributed by atoms with Gasteiger partial charge in [0.25, 0.3) is 0 Å². The second-order valence-electron chi connectivity index (χ2n) is 5.59. The lowest BCUT2D eigenvalue weighted by molar-refractivity contribution is 0.150. The molecule has 0 aliphatic rings. The first kappa shape index (κ1) is 15.1. The maximum absolute atomic E-state index is 13.1. The maximum Gasteiger partial charge on any atom is 0.126 e. The lowest BCUT2D eigenvalue weighted by Crippen LogP contribution is -2.30. The fourth-order valence-electron chi connectivity index (χ4n) is 1.83. The minimum atomic E-state index is -0.140. The predicted octanol–water partition coefficient (Wildman–Crippen LogP) is 3.29. The minimum absolute atomic E-state index is 0.140. The number of aryl methyl sites for hydroxylation is 1. The molecule has 3 heteroatoms. The van der Waals surface area contributed by atoms with Crippen LogP contribution in [0.1, 0.15) is 31.4 Å². The van der Waals surface area contributed by atoms with Gasteiger partial charge in [0.1, 0.15) is 5.82 Å². The van der Waals surface area contributed by atoms with E-state index in [1.165, 1.54) is 6.07 Å². The molecule has 0 saturated heterocycles. The summed E-state index contributed by atoms with van der Waals surface area (Å²) in [4.78, 5) is 0. The van der Waals surface area contributed by atoms with Crippen molar-refractivity contribution in [3.05, 3.63) is 35.1 Å². The van der Waals surface area contributed by atoms with Gasteiger partial charge < -0.3 is 10.1 Å². The van der Waals surface area contributed by atoms with Gasteiger partial charge in [0.15, 0.2) is 0 Å². The Balaban J connectivity index is 2.39. The lowest BCUT2D eigenvalue weighted by Gasteiger charge is -2.24. The van der Waals surface area contributed by atoms with Crippen LogP contribution >= 0.6 is 0 Å². The number of hydrogen-bond acceptors (Lipinski definition) is 2. The molecule has 0 fully saturated rings. The quantitative estimate of drug-likeness (QED) is 0.805. The number of benzene rings is 1. The third-order valence-corrected chi connectivity index (χ3v) is 3.14. The Kier molecular flexibility index (Phi) is 5.76. The molecule has 1 N–H and O–H groups in total. The number of nitrogens with one attached hydrogen (secondary N) is 1. The molecule has 0 bridgehead atoms. The van der Waals surface area contributed by atoms with Crippen LogP contribution in [0, 0.1) is 18.2 Å². The molecule has 0 unspecified atom stereocenters. The summed E-state index contributed by atoms with van der Waals surface area (Å²) in [6.45, 7) is 8.71. The Labute approximate surface area is 110 Å². The molecule has 0 atom stereocenters. The van der Waals surface area contributed by atoms with Gasteiger partial charge in [0, 0.05) is 26.8 Å². The van der Waals surface area contributed by atoms with Gasteiger partial charge in [-0.15, -0.1) is 0 Å². The lowest BCUT2D eigenvalue weighted by atomic mass is 9.89. The average Bonchev–Trinajstić information content (AvgIpc) is 2.31. The van der Waals surface area contributed by atoms with Crippen LogP contribution in [0.2, 0.25) is 0 Å². The van der Waals surface area contributed by atoms with E-state index in [1.807, 2.05) is 12.1 Å². The topological polar surface area (TPSA) is 21.3 Å². The van der Waals surface area contributed by atoms with E-state index in [9.17, 15) is 4.39 Å². The van der Waals surface area contributed by atoms with Crippen LogP contribution in [0.25, 0.3) is 0 Å². The van der Waals surface area contributed by atoms with Crippen LogP contribution in [-0.4, -0.2) is 20.3 Å². The van der Waals surface area contributed by atoms with Crippen LogP contribution in [0.15, 0.2) is 18.2 Å². The van der Waals surface area contributed by atoms with Gasteiger partial charge in [-0.1, -0.05) is 26.0 Å². The zero-order valence-corrected chi connectivity index (χ0v) is 11.8. The summed E-state index contributed by atoms with van der Waals surface area (Å²) in [6, 6.07) is 5.25. The Hall–Kier alpha value is -0.930. The molecule has 0 radical (unpaired) electrons. The molecule has 0 spiro atoms. The second-order valence-corrected chi connectivity index (χ2v) is 5.59. The van der Waals surface area contributed by atoms with E-state index >= 15 is 0 Å². The van der Waals surface area contributed by atoms with Crippen molar-refractivity contribution in [1.82, 2.24) is 5.32 Å². The number of halogens is 1. The third-order valence-electron chi connectivity index (χ3n) is 3.14. The molecule has 0 aliphatic carbocycles. The summed E-state index contributed by atoms with van der Waals surface area (Å²) in [5.74, 6) is -0.140. The van der Waals surface area contributed by atoms with E-state index < -0.39 is 0 Å². The van der Waals surface area contributed by atoms with Gasteiger partial charge in [-0.05, 0) is 36.0 Å². The first-order chi connectivity index (χ1) is 8.44. The first-order valence-electron chi connectivity index (χ1n) is 6.39. The number of hydrogen-bond donors (Lipinski definition) is 1. The Morgan fingerprint density at radius 1 is 1.33 bits per heavy atom. The number of methoxy groups -OCH3 is 1. The molecule has 1 aromatic carbocycles. The Bertz CT molecular complexity index is 377. The van der Waals surface area contributed by atoms with E-state index in [-0.39, 0.29) is 11.2 Å². The Morgan fingerprint density at radius 3 is 2.67 bits per heavy atom. The van der Waals surface area contributed by atoms with Crippen molar-refractivity contribution in [3.63, 3.8) is 0 Å². The highest BCUT2D eigenvalue weighted by atomic mass is 19.1. The average molecular weight is 253 g/mol. The molecule has 2 nitrogen and oxygen atoms in total. The highest BCUT2D eigenvalue weighted by Gasteiger charge is 2.16. The number of rotatable bonds is 7. The van der Waals surface area contributed by atoms with Crippen LogP contribution < -0.4 is 5.32 Å². The normalized spacial score (nSPS) is 11.8. The molecule has 0 heterocycles. The van der Waals surface area contributed by atoms with Crippen molar-refractivity contribution in [2.45, 2.75) is 33.7 Å². The van der Waals surface area contributed by atoms with Gasteiger partial charge in [-0.3, -0.25) is 0 Å². The van der Waals surface area contributed by atoms with Gasteiger partial charge in [-0.25, -0.2) is 4.39 Å². The van der Waals surface area contributed by atoms with Gasteiger partial charge in [-0.2, -0.15) is 0 Å². The summed E-state index contributed by atoms with van der Waals surface area (Å²) < 4.78 is 18.2. The van der Waals surface area contributed by atoms with Crippen LogP contribution in [0.4, 0.5) is 4.39 Å². The van der Waals surface area contributed by atoms with E-state index in [0.29, 0.717) is 5.56 Å². The van der Waals surface area contributed by atoms with Crippen molar-refractivity contribution in [1.29, 1.82) is 0 Å². The monoisotopic (exact) mass is 253 g/mol.